The Morgan fingerprint density at radius 3 is 2.45 bits per heavy atom. The van der Waals surface area contributed by atoms with Crippen LogP contribution in [0.1, 0.15) is 50.0 Å². The third kappa shape index (κ3) is 4.02. The molecule has 3 aliphatic rings. The molecule has 0 amide bonds. The fourth-order valence-electron chi connectivity index (χ4n) is 4.87. The van der Waals surface area contributed by atoms with E-state index >= 15 is 0 Å². The van der Waals surface area contributed by atoms with Gasteiger partial charge in [0, 0.05) is 33.9 Å². The summed E-state index contributed by atoms with van der Waals surface area (Å²) in [6.45, 7) is 1.97. The monoisotopic (exact) mass is 467 g/mol. The fraction of sp³-hybridized carbons (Fsp3) is 0.478. The number of nitrogens with one attached hydrogen (secondary N) is 1. The summed E-state index contributed by atoms with van der Waals surface area (Å²) in [5.41, 5.74) is 3.21. The molecule has 0 spiro atoms. The minimum Gasteiger partial charge on any atom is -0.488 e. The molecule has 2 fully saturated rings. The molecule has 2 aromatic carbocycles. The molecule has 5 rings (SSSR count). The second kappa shape index (κ2) is 8.51. The molecule has 6 heteroatoms. The van der Waals surface area contributed by atoms with E-state index in [4.69, 9.17) is 39.5 Å². The first-order valence-corrected chi connectivity index (χ1v) is 12.5. The summed E-state index contributed by atoms with van der Waals surface area (Å²) in [7, 11) is 0. The molecule has 1 aliphatic carbocycles. The van der Waals surface area contributed by atoms with Gasteiger partial charge in [0.25, 0.3) is 0 Å². The maximum atomic E-state index is 6.58. The largest absolute Gasteiger partial charge is 0.488 e. The van der Waals surface area contributed by atoms with Crippen molar-refractivity contribution in [3.8, 4) is 16.9 Å². The van der Waals surface area contributed by atoms with Crippen LogP contribution in [0.15, 0.2) is 29.2 Å². The van der Waals surface area contributed by atoms with Crippen LogP contribution in [-0.2, 0) is 0 Å². The van der Waals surface area contributed by atoms with Crippen molar-refractivity contribution >= 4 is 46.6 Å². The van der Waals surface area contributed by atoms with Crippen molar-refractivity contribution in [1.29, 1.82) is 0 Å². The highest BCUT2D eigenvalue weighted by atomic mass is 35.5. The predicted octanol–water partition coefficient (Wildman–Crippen LogP) is 7.58. The van der Waals surface area contributed by atoms with Gasteiger partial charge in [-0.3, -0.25) is 0 Å². The summed E-state index contributed by atoms with van der Waals surface area (Å²) in [6.07, 6.45) is 7.88. The summed E-state index contributed by atoms with van der Waals surface area (Å²) in [5, 5.41) is 5.93. The molecular formula is C23H24Cl3NOS. The Kier molecular flexibility index (Phi) is 5.97. The first-order chi connectivity index (χ1) is 14.1. The topological polar surface area (TPSA) is 21.3 Å². The van der Waals surface area contributed by atoms with E-state index in [9.17, 15) is 0 Å². The standard InChI is InChI=1S/C23H24Cl3NOS/c24-14-10-18(25)22(19(26)11-14)13-8-16-17-12-27-7-6-20(17)28-23(16)21(9-13)29-15-4-2-1-3-5-15/h8-11,15,17,20,27H,1-7,12H2/t17-,20-/m0/s1. The van der Waals surface area contributed by atoms with Crippen LogP contribution in [-0.4, -0.2) is 24.4 Å². The first-order valence-electron chi connectivity index (χ1n) is 10.5. The van der Waals surface area contributed by atoms with E-state index in [0.29, 0.717) is 26.2 Å². The van der Waals surface area contributed by atoms with Gasteiger partial charge in [0.15, 0.2) is 0 Å². The summed E-state index contributed by atoms with van der Waals surface area (Å²) in [6, 6.07) is 8.00. The average Bonchev–Trinajstić information content (AvgIpc) is 3.07. The molecule has 0 radical (unpaired) electrons. The highest BCUT2D eigenvalue weighted by Crippen LogP contribution is 2.51. The van der Waals surface area contributed by atoms with Gasteiger partial charge in [-0.25, -0.2) is 0 Å². The van der Waals surface area contributed by atoms with Crippen LogP contribution in [0, 0.1) is 0 Å². The molecule has 29 heavy (non-hydrogen) atoms. The molecule has 2 nitrogen and oxygen atoms in total. The SMILES string of the molecule is Clc1cc(Cl)c(-c2cc(SC3CCCCC3)c3c(c2)[C@@H]2CNCC[C@@H]2O3)c(Cl)c1. The van der Waals surface area contributed by atoms with E-state index in [1.165, 1.54) is 42.6 Å². The van der Waals surface area contributed by atoms with Gasteiger partial charge in [0.2, 0.25) is 0 Å². The second-order valence-corrected chi connectivity index (χ2v) is 10.9. The number of rotatable bonds is 3. The van der Waals surface area contributed by atoms with Crippen molar-refractivity contribution in [1.82, 2.24) is 5.32 Å². The van der Waals surface area contributed by atoms with Gasteiger partial charge < -0.3 is 10.1 Å². The molecule has 0 bridgehead atoms. The number of hydrogen-bond donors (Lipinski definition) is 1. The van der Waals surface area contributed by atoms with Crippen LogP contribution >= 0.6 is 46.6 Å². The van der Waals surface area contributed by atoms with Crippen molar-refractivity contribution in [2.75, 3.05) is 13.1 Å². The summed E-state index contributed by atoms with van der Waals surface area (Å²) >= 11 is 21.3. The maximum absolute atomic E-state index is 6.58. The van der Waals surface area contributed by atoms with E-state index in [-0.39, 0.29) is 6.10 Å². The molecule has 2 aromatic rings. The molecule has 0 unspecified atom stereocenters. The third-order valence-corrected chi connectivity index (χ3v) is 8.49. The zero-order valence-corrected chi connectivity index (χ0v) is 19.2. The van der Waals surface area contributed by atoms with Crippen LogP contribution in [0.25, 0.3) is 11.1 Å². The number of ether oxygens (including phenoxy) is 1. The van der Waals surface area contributed by atoms with Crippen LogP contribution in [0.2, 0.25) is 15.1 Å². The molecule has 0 aromatic heterocycles. The number of hydrogen-bond acceptors (Lipinski definition) is 3. The normalized spacial score (nSPS) is 24.1. The van der Waals surface area contributed by atoms with Gasteiger partial charge in [-0.2, -0.15) is 0 Å². The lowest BCUT2D eigenvalue weighted by Gasteiger charge is -2.25. The van der Waals surface area contributed by atoms with Crippen molar-refractivity contribution in [3.63, 3.8) is 0 Å². The van der Waals surface area contributed by atoms with Gasteiger partial charge in [-0.15, -0.1) is 11.8 Å². The molecule has 2 aliphatic heterocycles. The molecule has 1 saturated carbocycles. The summed E-state index contributed by atoms with van der Waals surface area (Å²) in [4.78, 5) is 1.24. The van der Waals surface area contributed by atoms with Crippen LogP contribution in [0.5, 0.6) is 5.75 Å². The molecule has 2 atom stereocenters. The van der Waals surface area contributed by atoms with Crippen molar-refractivity contribution in [2.24, 2.45) is 0 Å². The molecule has 1 saturated heterocycles. The molecule has 154 valence electrons. The number of benzene rings is 2. The molecular weight excluding hydrogens is 445 g/mol. The Morgan fingerprint density at radius 1 is 0.931 bits per heavy atom. The Hall–Kier alpha value is -0.580. The average molecular weight is 469 g/mol. The van der Waals surface area contributed by atoms with Gasteiger partial charge in [-0.1, -0.05) is 54.1 Å². The van der Waals surface area contributed by atoms with Gasteiger partial charge in [-0.05, 0) is 55.6 Å². The van der Waals surface area contributed by atoms with E-state index in [1.807, 2.05) is 11.8 Å². The summed E-state index contributed by atoms with van der Waals surface area (Å²) < 4.78 is 6.51. The van der Waals surface area contributed by atoms with Crippen molar-refractivity contribution in [2.45, 2.75) is 60.7 Å². The smallest absolute Gasteiger partial charge is 0.137 e. The quantitative estimate of drug-likeness (QED) is 0.501. The van der Waals surface area contributed by atoms with E-state index in [1.54, 1.807) is 12.1 Å². The minimum atomic E-state index is 0.267. The zero-order valence-electron chi connectivity index (χ0n) is 16.1. The zero-order chi connectivity index (χ0) is 20.0. The predicted molar refractivity (Wildman–Crippen MR) is 124 cm³/mol. The van der Waals surface area contributed by atoms with Crippen LogP contribution in [0.3, 0.4) is 0 Å². The molecule has 1 N–H and O–H groups in total. The molecule has 2 heterocycles. The minimum absolute atomic E-state index is 0.267. The Morgan fingerprint density at radius 2 is 1.69 bits per heavy atom. The van der Waals surface area contributed by atoms with E-state index < -0.39 is 0 Å². The third-order valence-electron chi connectivity index (χ3n) is 6.31. The fourth-order valence-corrected chi connectivity index (χ4v) is 7.31. The van der Waals surface area contributed by atoms with Gasteiger partial charge >= 0.3 is 0 Å². The second-order valence-electron chi connectivity index (χ2n) is 8.27. The van der Waals surface area contributed by atoms with E-state index in [2.05, 4.69) is 17.4 Å². The lowest BCUT2D eigenvalue weighted by molar-refractivity contribution is 0.169. The van der Waals surface area contributed by atoms with Crippen molar-refractivity contribution < 1.29 is 4.74 Å². The number of halogens is 3. The Labute approximate surface area is 191 Å². The van der Waals surface area contributed by atoms with Crippen LogP contribution in [0.4, 0.5) is 0 Å². The highest BCUT2D eigenvalue weighted by molar-refractivity contribution is 8.00. The highest BCUT2D eigenvalue weighted by Gasteiger charge is 2.38. The number of piperidine rings is 1. The van der Waals surface area contributed by atoms with E-state index in [0.717, 1.165) is 36.4 Å². The lowest BCUT2D eigenvalue weighted by Crippen LogP contribution is -2.37. The first kappa shape index (κ1) is 20.3. The Balaban J connectivity index is 1.60. The van der Waals surface area contributed by atoms with Gasteiger partial charge in [0.1, 0.15) is 11.9 Å². The lowest BCUT2D eigenvalue weighted by atomic mass is 9.89. The number of fused-ring (bicyclic) bond motifs is 3. The maximum Gasteiger partial charge on any atom is 0.137 e. The van der Waals surface area contributed by atoms with Gasteiger partial charge in [0.05, 0.1) is 14.9 Å². The van der Waals surface area contributed by atoms with Crippen LogP contribution < -0.4 is 10.1 Å². The Bertz CT molecular complexity index is 906. The van der Waals surface area contributed by atoms with Crippen molar-refractivity contribution in [3.05, 3.63) is 44.9 Å². The summed E-state index contributed by atoms with van der Waals surface area (Å²) in [5.74, 6) is 1.47. The number of thioether (sulfide) groups is 1.